The number of hydrogen-bond donors (Lipinski definition) is 0. The number of isocyanates is 2. The minimum Gasteiger partial charge on any atom is -0.211 e. The van der Waals surface area contributed by atoms with Crippen LogP contribution in [-0.2, 0) is 9.59 Å². The van der Waals surface area contributed by atoms with Crippen LogP contribution in [0.5, 0.6) is 0 Å². The summed E-state index contributed by atoms with van der Waals surface area (Å²) in [4.78, 5) is 28.9. The van der Waals surface area contributed by atoms with E-state index in [1.165, 1.54) is 0 Å². The van der Waals surface area contributed by atoms with E-state index in [2.05, 4.69) is 16.9 Å². The topological polar surface area (TPSA) is 58.9 Å². The number of hydrogen-bond acceptors (Lipinski definition) is 4. The van der Waals surface area contributed by atoms with Gasteiger partial charge in [-0.3, -0.25) is 0 Å². The van der Waals surface area contributed by atoms with E-state index in [0.29, 0.717) is 17.8 Å². The Kier molecular flexibility index (Phi) is 4.84. The Bertz CT molecular complexity index is 416. The van der Waals surface area contributed by atoms with E-state index in [-0.39, 0.29) is 11.1 Å². The monoisotopic (exact) mass is 264 g/mol. The summed E-state index contributed by atoms with van der Waals surface area (Å²) in [7, 11) is 0. The van der Waals surface area contributed by atoms with E-state index in [9.17, 15) is 9.59 Å². The average molecular weight is 264 g/mol. The van der Waals surface area contributed by atoms with Gasteiger partial charge in [-0.25, -0.2) is 9.59 Å². The molecule has 1 rings (SSSR count). The predicted molar refractivity (Wildman–Crippen MR) is 74.4 cm³/mol. The molecular formula is C15H24N2O2. The zero-order valence-electron chi connectivity index (χ0n) is 12.6. The van der Waals surface area contributed by atoms with Gasteiger partial charge in [0.05, 0.1) is 11.1 Å². The molecule has 0 saturated heterocycles. The summed E-state index contributed by atoms with van der Waals surface area (Å²) in [6.45, 7) is 10.2. The molecular weight excluding hydrogens is 240 g/mol. The van der Waals surface area contributed by atoms with Crippen molar-refractivity contribution in [3.8, 4) is 0 Å². The molecule has 3 atom stereocenters. The van der Waals surface area contributed by atoms with Crippen molar-refractivity contribution in [2.45, 2.75) is 65.0 Å². The van der Waals surface area contributed by atoms with Gasteiger partial charge in [-0.05, 0) is 64.7 Å². The van der Waals surface area contributed by atoms with E-state index in [1.54, 1.807) is 12.2 Å². The normalized spacial score (nSPS) is 28.2. The van der Waals surface area contributed by atoms with Gasteiger partial charge < -0.3 is 0 Å². The minimum atomic E-state index is -0.357. The van der Waals surface area contributed by atoms with Crippen molar-refractivity contribution in [2.75, 3.05) is 0 Å². The first-order chi connectivity index (χ1) is 8.74. The van der Waals surface area contributed by atoms with Crippen LogP contribution in [0.15, 0.2) is 9.98 Å². The van der Waals surface area contributed by atoms with E-state index in [1.807, 2.05) is 27.7 Å². The molecule has 0 aromatic carbocycles. The molecule has 106 valence electrons. The summed E-state index contributed by atoms with van der Waals surface area (Å²) in [5, 5.41) is 0. The molecule has 1 fully saturated rings. The zero-order chi connectivity index (χ0) is 14.7. The van der Waals surface area contributed by atoms with Crippen molar-refractivity contribution < 1.29 is 9.59 Å². The van der Waals surface area contributed by atoms with Crippen LogP contribution < -0.4 is 0 Å². The number of nitrogens with zero attached hydrogens (tertiary/aromatic N) is 2. The standard InChI is InChI=1S/C15H24N2O2/c1-11-8-12(14(2,3)16-9-18)6-7-13(11)15(4,5)17-10-19/h11-13H,6-8H2,1-5H3. The fourth-order valence-electron chi connectivity index (χ4n) is 3.50. The molecule has 0 N–H and O–H groups in total. The number of rotatable bonds is 4. The number of carbonyl (C=O) groups excluding carboxylic acids is 2. The van der Waals surface area contributed by atoms with Crippen molar-refractivity contribution in [3.05, 3.63) is 0 Å². The summed E-state index contributed by atoms with van der Waals surface area (Å²) in [5.74, 6) is 1.21. The smallest absolute Gasteiger partial charge is 0.211 e. The first-order valence-corrected chi connectivity index (χ1v) is 6.92. The molecule has 1 aliphatic carbocycles. The highest BCUT2D eigenvalue weighted by atomic mass is 16.1. The molecule has 3 unspecified atom stereocenters. The summed E-state index contributed by atoms with van der Waals surface area (Å²) < 4.78 is 0. The van der Waals surface area contributed by atoms with Crippen LogP contribution in [-0.4, -0.2) is 23.2 Å². The van der Waals surface area contributed by atoms with Gasteiger partial charge in [-0.2, -0.15) is 9.98 Å². The van der Waals surface area contributed by atoms with Crippen LogP contribution in [0.2, 0.25) is 0 Å². The highest BCUT2D eigenvalue weighted by Gasteiger charge is 2.42. The van der Waals surface area contributed by atoms with Crippen molar-refractivity contribution >= 4 is 12.2 Å². The Morgan fingerprint density at radius 1 is 0.947 bits per heavy atom. The van der Waals surface area contributed by atoms with Crippen LogP contribution in [0, 0.1) is 17.8 Å². The van der Waals surface area contributed by atoms with E-state index >= 15 is 0 Å². The quantitative estimate of drug-likeness (QED) is 0.578. The Hall–Kier alpha value is -1.24. The second-order valence-electron chi connectivity index (χ2n) is 6.81. The second kappa shape index (κ2) is 5.81. The SMILES string of the molecule is CC1CC(C(C)(C)N=C=O)CCC1C(C)(C)N=C=O. The van der Waals surface area contributed by atoms with Crippen LogP contribution in [0.1, 0.15) is 53.9 Å². The minimum absolute atomic E-state index is 0.348. The third-order valence-electron chi connectivity index (χ3n) is 4.74. The lowest BCUT2D eigenvalue weighted by molar-refractivity contribution is 0.100. The molecule has 4 heteroatoms. The highest BCUT2D eigenvalue weighted by Crippen LogP contribution is 2.45. The van der Waals surface area contributed by atoms with E-state index < -0.39 is 0 Å². The van der Waals surface area contributed by atoms with Crippen LogP contribution in [0.25, 0.3) is 0 Å². The maximum atomic E-state index is 10.5. The van der Waals surface area contributed by atoms with Gasteiger partial charge in [0.2, 0.25) is 12.2 Å². The fourth-order valence-corrected chi connectivity index (χ4v) is 3.50. The van der Waals surface area contributed by atoms with Crippen molar-refractivity contribution in [2.24, 2.45) is 27.7 Å². The third-order valence-corrected chi connectivity index (χ3v) is 4.74. The van der Waals surface area contributed by atoms with Crippen molar-refractivity contribution in [1.29, 1.82) is 0 Å². The Balaban J connectivity index is 2.82. The summed E-state index contributed by atoms with van der Waals surface area (Å²) in [5.41, 5.74) is -0.705. The molecule has 0 radical (unpaired) electrons. The van der Waals surface area contributed by atoms with Crippen molar-refractivity contribution in [1.82, 2.24) is 0 Å². The first-order valence-electron chi connectivity index (χ1n) is 6.92. The lowest BCUT2D eigenvalue weighted by atomic mass is 9.64. The third kappa shape index (κ3) is 3.62. The Morgan fingerprint density at radius 2 is 1.47 bits per heavy atom. The molecule has 1 aliphatic rings. The van der Waals surface area contributed by atoms with E-state index in [0.717, 1.165) is 19.3 Å². The Labute approximate surface area is 115 Å². The maximum Gasteiger partial charge on any atom is 0.235 e. The molecule has 0 bridgehead atoms. The highest BCUT2D eigenvalue weighted by molar-refractivity contribution is 5.35. The van der Waals surface area contributed by atoms with Crippen molar-refractivity contribution in [3.63, 3.8) is 0 Å². The molecule has 19 heavy (non-hydrogen) atoms. The van der Waals surface area contributed by atoms with Gasteiger partial charge in [0, 0.05) is 0 Å². The van der Waals surface area contributed by atoms with Gasteiger partial charge >= 0.3 is 0 Å². The van der Waals surface area contributed by atoms with Gasteiger partial charge in [0.15, 0.2) is 0 Å². The molecule has 0 aromatic rings. The van der Waals surface area contributed by atoms with Crippen LogP contribution in [0.4, 0.5) is 0 Å². The summed E-state index contributed by atoms with van der Waals surface area (Å²) in [6.07, 6.45) is 6.39. The van der Waals surface area contributed by atoms with Crippen LogP contribution in [0.3, 0.4) is 0 Å². The number of aliphatic imine (C=N–C) groups is 2. The Morgan fingerprint density at radius 3 is 1.95 bits per heavy atom. The van der Waals surface area contributed by atoms with Gasteiger partial charge in [0.25, 0.3) is 0 Å². The maximum absolute atomic E-state index is 10.5. The zero-order valence-corrected chi connectivity index (χ0v) is 12.6. The lowest BCUT2D eigenvalue weighted by Gasteiger charge is -2.44. The van der Waals surface area contributed by atoms with Crippen LogP contribution >= 0.6 is 0 Å². The summed E-state index contributed by atoms with van der Waals surface area (Å²) >= 11 is 0. The van der Waals surface area contributed by atoms with E-state index in [4.69, 9.17) is 0 Å². The van der Waals surface area contributed by atoms with Gasteiger partial charge in [-0.15, -0.1) is 0 Å². The molecule has 1 saturated carbocycles. The molecule has 4 nitrogen and oxygen atoms in total. The lowest BCUT2D eigenvalue weighted by Crippen LogP contribution is -2.42. The molecule has 0 heterocycles. The predicted octanol–water partition coefficient (Wildman–Crippen LogP) is 3.27. The molecule has 0 aromatic heterocycles. The molecule has 0 aliphatic heterocycles. The van der Waals surface area contributed by atoms with Gasteiger partial charge in [-0.1, -0.05) is 6.92 Å². The fraction of sp³-hybridized carbons (Fsp3) is 0.867. The largest absolute Gasteiger partial charge is 0.235 e. The average Bonchev–Trinajstić information content (AvgIpc) is 2.28. The molecule has 0 spiro atoms. The summed E-state index contributed by atoms with van der Waals surface area (Å²) in [6, 6.07) is 0. The second-order valence-corrected chi connectivity index (χ2v) is 6.81. The molecule has 0 amide bonds. The first kappa shape index (κ1) is 15.8. The van der Waals surface area contributed by atoms with Gasteiger partial charge in [0.1, 0.15) is 0 Å².